The summed E-state index contributed by atoms with van der Waals surface area (Å²) >= 11 is 1.63. The number of nitrogens with one attached hydrogen (secondary N) is 1. The van der Waals surface area contributed by atoms with Crippen molar-refractivity contribution in [3.05, 3.63) is 62.3 Å². The summed E-state index contributed by atoms with van der Waals surface area (Å²) in [5, 5.41) is 4.09. The van der Waals surface area contributed by atoms with Gasteiger partial charge in [-0.15, -0.1) is 11.3 Å². The molecule has 0 aliphatic carbocycles. The van der Waals surface area contributed by atoms with Crippen molar-refractivity contribution in [2.45, 2.75) is 20.0 Å². The van der Waals surface area contributed by atoms with E-state index in [4.69, 9.17) is 0 Å². The molecule has 3 aromatic rings. The monoisotopic (exact) mass is 299 g/mol. The molecule has 0 saturated heterocycles. The molecule has 21 heavy (non-hydrogen) atoms. The Balaban J connectivity index is 1.85. The summed E-state index contributed by atoms with van der Waals surface area (Å²) in [7, 11) is 2.00. The van der Waals surface area contributed by atoms with E-state index in [-0.39, 0.29) is 5.56 Å². The van der Waals surface area contributed by atoms with Crippen molar-refractivity contribution in [3.63, 3.8) is 0 Å². The molecule has 0 aliphatic rings. The average Bonchev–Trinajstić information content (AvgIpc) is 2.92. The number of rotatable bonds is 4. The maximum absolute atomic E-state index is 12.2. The number of pyridine rings is 1. The van der Waals surface area contributed by atoms with Gasteiger partial charge in [0, 0.05) is 29.2 Å². The van der Waals surface area contributed by atoms with Crippen LogP contribution in [0.25, 0.3) is 10.9 Å². The Morgan fingerprint density at radius 2 is 2.14 bits per heavy atom. The largest absolute Gasteiger partial charge is 0.322 e. The van der Waals surface area contributed by atoms with Crippen LogP contribution in [0, 0.1) is 6.92 Å². The lowest BCUT2D eigenvalue weighted by atomic mass is 10.1. The van der Waals surface area contributed by atoms with Gasteiger partial charge in [0.05, 0.1) is 6.54 Å². The Hall–Kier alpha value is -1.98. The van der Waals surface area contributed by atoms with Gasteiger partial charge in [0.2, 0.25) is 0 Å². The van der Waals surface area contributed by atoms with Gasteiger partial charge in [-0.3, -0.25) is 9.69 Å². The van der Waals surface area contributed by atoms with E-state index in [9.17, 15) is 4.79 Å². The highest BCUT2D eigenvalue weighted by molar-refractivity contribution is 7.09. The van der Waals surface area contributed by atoms with E-state index in [2.05, 4.69) is 20.9 Å². The number of H-pyrrole nitrogens is 1. The molecule has 3 rings (SSSR count). The zero-order valence-corrected chi connectivity index (χ0v) is 12.9. The first-order valence-electron chi connectivity index (χ1n) is 6.81. The number of hydrogen-bond acceptors (Lipinski definition) is 4. The maximum Gasteiger partial charge on any atom is 0.252 e. The topological polar surface area (TPSA) is 49.0 Å². The predicted molar refractivity (Wildman–Crippen MR) is 86.6 cm³/mol. The van der Waals surface area contributed by atoms with Crippen LogP contribution in [0.5, 0.6) is 0 Å². The summed E-state index contributed by atoms with van der Waals surface area (Å²) < 4.78 is 0. The van der Waals surface area contributed by atoms with E-state index < -0.39 is 0 Å². The number of aryl methyl sites for hydroxylation is 1. The Bertz CT molecular complexity index is 808. The lowest BCUT2D eigenvalue weighted by Gasteiger charge is -2.15. The number of benzene rings is 1. The number of thiazole rings is 1. The minimum absolute atomic E-state index is 0.0147. The van der Waals surface area contributed by atoms with Crippen molar-refractivity contribution in [1.82, 2.24) is 14.9 Å². The van der Waals surface area contributed by atoms with Crippen molar-refractivity contribution in [3.8, 4) is 0 Å². The molecule has 0 atom stereocenters. The second-order valence-electron chi connectivity index (χ2n) is 5.31. The highest BCUT2D eigenvalue weighted by atomic mass is 32.1. The first-order chi connectivity index (χ1) is 10.1. The van der Waals surface area contributed by atoms with E-state index in [0.717, 1.165) is 33.6 Å². The molecule has 1 N–H and O–H groups in total. The smallest absolute Gasteiger partial charge is 0.252 e. The van der Waals surface area contributed by atoms with Crippen LogP contribution in [-0.4, -0.2) is 21.9 Å². The highest BCUT2D eigenvalue weighted by Gasteiger charge is 2.08. The van der Waals surface area contributed by atoms with Crippen LogP contribution in [0.15, 0.2) is 40.6 Å². The third-order valence-electron chi connectivity index (χ3n) is 3.41. The molecular weight excluding hydrogens is 282 g/mol. The molecule has 0 radical (unpaired) electrons. The van der Waals surface area contributed by atoms with Gasteiger partial charge in [0.15, 0.2) is 0 Å². The predicted octanol–water partition coefficient (Wildman–Crippen LogP) is 2.93. The van der Waals surface area contributed by atoms with Gasteiger partial charge in [-0.1, -0.05) is 12.1 Å². The van der Waals surface area contributed by atoms with Gasteiger partial charge in [-0.05, 0) is 37.1 Å². The molecule has 2 heterocycles. The third-order valence-corrected chi connectivity index (χ3v) is 4.17. The minimum Gasteiger partial charge on any atom is -0.322 e. The van der Waals surface area contributed by atoms with E-state index in [1.54, 1.807) is 17.5 Å². The Kier molecular flexibility index (Phi) is 3.86. The fourth-order valence-corrected chi connectivity index (χ4v) is 3.08. The molecule has 0 bridgehead atoms. The van der Waals surface area contributed by atoms with Crippen LogP contribution in [0.2, 0.25) is 0 Å². The highest BCUT2D eigenvalue weighted by Crippen LogP contribution is 2.14. The zero-order valence-electron chi connectivity index (χ0n) is 12.1. The van der Waals surface area contributed by atoms with Gasteiger partial charge < -0.3 is 4.98 Å². The van der Waals surface area contributed by atoms with Crippen LogP contribution in [0.3, 0.4) is 0 Å². The molecule has 0 saturated carbocycles. The fraction of sp³-hybridized carbons (Fsp3) is 0.250. The molecule has 0 unspecified atom stereocenters. The standard InChI is InChI=1S/C16H17N3OS/c1-11-3-4-12-8-13(16(20)18-14(12)7-11)9-19(2)10-15-17-5-6-21-15/h3-8H,9-10H2,1-2H3,(H,18,20). The molecular formula is C16H17N3OS. The lowest BCUT2D eigenvalue weighted by molar-refractivity contribution is 0.317. The van der Waals surface area contributed by atoms with E-state index in [0.29, 0.717) is 6.54 Å². The Labute approximate surface area is 127 Å². The van der Waals surface area contributed by atoms with Crippen LogP contribution >= 0.6 is 11.3 Å². The summed E-state index contributed by atoms with van der Waals surface area (Å²) in [6.45, 7) is 3.38. The third kappa shape index (κ3) is 3.20. The molecule has 108 valence electrons. The van der Waals surface area contributed by atoms with Crippen LogP contribution < -0.4 is 5.56 Å². The second-order valence-corrected chi connectivity index (χ2v) is 6.29. The second kappa shape index (κ2) is 5.79. The van der Waals surface area contributed by atoms with E-state index >= 15 is 0 Å². The number of hydrogen-bond donors (Lipinski definition) is 1. The van der Waals surface area contributed by atoms with Gasteiger partial charge >= 0.3 is 0 Å². The number of fused-ring (bicyclic) bond motifs is 1. The number of nitrogens with zero attached hydrogens (tertiary/aromatic N) is 2. The average molecular weight is 299 g/mol. The Morgan fingerprint density at radius 1 is 1.29 bits per heavy atom. The summed E-state index contributed by atoms with van der Waals surface area (Å²) in [6.07, 6.45) is 1.80. The molecule has 0 spiro atoms. The normalized spacial score (nSPS) is 11.4. The number of aromatic amines is 1. The molecule has 0 aliphatic heterocycles. The van der Waals surface area contributed by atoms with Gasteiger partial charge in [0.25, 0.3) is 5.56 Å². The molecule has 5 heteroatoms. The zero-order chi connectivity index (χ0) is 14.8. The lowest BCUT2D eigenvalue weighted by Crippen LogP contribution is -2.23. The van der Waals surface area contributed by atoms with Crippen molar-refractivity contribution < 1.29 is 0 Å². The summed E-state index contributed by atoms with van der Waals surface area (Å²) in [5.74, 6) is 0. The summed E-state index contributed by atoms with van der Waals surface area (Å²) in [5.41, 5.74) is 2.81. The molecule has 2 aromatic heterocycles. The van der Waals surface area contributed by atoms with Gasteiger partial charge in [-0.2, -0.15) is 0 Å². The molecule has 4 nitrogen and oxygen atoms in total. The van der Waals surface area contributed by atoms with Crippen molar-refractivity contribution >= 4 is 22.2 Å². The molecule has 0 fully saturated rings. The first-order valence-corrected chi connectivity index (χ1v) is 7.69. The van der Waals surface area contributed by atoms with Gasteiger partial charge in [0.1, 0.15) is 5.01 Å². The number of aromatic nitrogens is 2. The molecule has 0 amide bonds. The summed E-state index contributed by atoms with van der Waals surface area (Å²) in [6, 6.07) is 8.08. The van der Waals surface area contributed by atoms with Crippen molar-refractivity contribution in [1.29, 1.82) is 0 Å². The summed E-state index contributed by atoms with van der Waals surface area (Å²) in [4.78, 5) is 21.5. The quantitative estimate of drug-likeness (QED) is 0.806. The van der Waals surface area contributed by atoms with Crippen LogP contribution in [0.1, 0.15) is 16.1 Å². The van der Waals surface area contributed by atoms with Gasteiger partial charge in [-0.25, -0.2) is 4.98 Å². The van der Waals surface area contributed by atoms with Crippen molar-refractivity contribution in [2.24, 2.45) is 0 Å². The van der Waals surface area contributed by atoms with Crippen LogP contribution in [0.4, 0.5) is 0 Å². The van der Waals surface area contributed by atoms with Crippen molar-refractivity contribution in [2.75, 3.05) is 7.05 Å². The molecule has 1 aromatic carbocycles. The fourth-order valence-electron chi connectivity index (χ4n) is 2.39. The van der Waals surface area contributed by atoms with E-state index in [1.807, 2.05) is 37.6 Å². The SMILES string of the molecule is Cc1ccc2cc(CN(C)Cc3nccs3)c(=O)[nH]c2c1. The van der Waals surface area contributed by atoms with E-state index in [1.165, 1.54) is 0 Å². The minimum atomic E-state index is -0.0147. The maximum atomic E-state index is 12.2. The van der Waals surface area contributed by atoms with Crippen LogP contribution in [-0.2, 0) is 13.1 Å². The first kappa shape index (κ1) is 14.0. The Morgan fingerprint density at radius 3 is 2.90 bits per heavy atom.